The molecule has 1 heterocycles. The van der Waals surface area contributed by atoms with Gasteiger partial charge in [-0.3, -0.25) is 9.36 Å². The van der Waals surface area contributed by atoms with Crippen molar-refractivity contribution in [2.45, 2.75) is 23.8 Å². The van der Waals surface area contributed by atoms with Gasteiger partial charge in [-0.2, -0.15) is 5.26 Å². The van der Waals surface area contributed by atoms with Crippen LogP contribution in [0.15, 0.2) is 96.2 Å². The molecule has 0 aliphatic carbocycles. The van der Waals surface area contributed by atoms with Crippen LogP contribution >= 0.6 is 11.8 Å². The Morgan fingerprint density at radius 1 is 0.970 bits per heavy atom. The highest BCUT2D eigenvalue weighted by atomic mass is 32.2. The van der Waals surface area contributed by atoms with Crippen LogP contribution in [0.5, 0.6) is 0 Å². The van der Waals surface area contributed by atoms with Gasteiger partial charge in [0.15, 0.2) is 11.0 Å². The molecule has 164 valence electrons. The highest BCUT2D eigenvalue weighted by Gasteiger charge is 2.26. The standard InChI is InChI=1S/C26H23N5OS/c1-20(25(32)30(19-11-18-27)22-14-7-3-8-15-22)33-26-29-28-24(21-12-5-2-6-13-21)31(26)23-16-9-4-10-17-23/h2-10,12-17,20H,11,19H2,1H3. The minimum Gasteiger partial charge on any atom is -0.310 e. The van der Waals surface area contributed by atoms with Crippen LogP contribution < -0.4 is 4.90 Å². The van der Waals surface area contributed by atoms with E-state index in [1.54, 1.807) is 4.90 Å². The molecule has 0 spiro atoms. The first-order valence-corrected chi connectivity index (χ1v) is 11.5. The average molecular weight is 454 g/mol. The zero-order chi connectivity index (χ0) is 23.0. The number of carbonyl (C=O) groups is 1. The molecule has 3 aromatic carbocycles. The summed E-state index contributed by atoms with van der Waals surface area (Å²) < 4.78 is 1.98. The lowest BCUT2D eigenvalue weighted by molar-refractivity contribution is -0.117. The summed E-state index contributed by atoms with van der Waals surface area (Å²) in [4.78, 5) is 15.1. The Bertz CT molecular complexity index is 1240. The Morgan fingerprint density at radius 2 is 1.58 bits per heavy atom. The minimum atomic E-state index is -0.431. The topological polar surface area (TPSA) is 74.8 Å². The number of carbonyl (C=O) groups excluding carboxylic acids is 1. The second-order valence-corrected chi connectivity index (χ2v) is 8.64. The SMILES string of the molecule is CC(Sc1nnc(-c2ccccc2)n1-c1ccccc1)C(=O)N(CCC#N)c1ccccc1. The van der Waals surface area contributed by atoms with Crippen molar-refractivity contribution in [3.8, 4) is 23.1 Å². The van der Waals surface area contributed by atoms with Gasteiger partial charge in [-0.15, -0.1) is 10.2 Å². The molecule has 0 N–H and O–H groups in total. The van der Waals surface area contributed by atoms with Gasteiger partial charge in [0.2, 0.25) is 5.91 Å². The molecule has 0 aliphatic heterocycles. The third-order valence-corrected chi connectivity index (χ3v) is 6.12. The molecule has 4 aromatic rings. The lowest BCUT2D eigenvalue weighted by atomic mass is 10.2. The summed E-state index contributed by atoms with van der Waals surface area (Å²) in [6.07, 6.45) is 0.260. The van der Waals surface area contributed by atoms with E-state index in [4.69, 9.17) is 5.26 Å². The number of benzene rings is 3. The van der Waals surface area contributed by atoms with E-state index in [9.17, 15) is 4.79 Å². The summed E-state index contributed by atoms with van der Waals surface area (Å²) in [6.45, 7) is 2.20. The molecule has 4 rings (SSSR count). The van der Waals surface area contributed by atoms with Crippen LogP contribution in [-0.4, -0.2) is 32.5 Å². The maximum atomic E-state index is 13.4. The normalized spacial score (nSPS) is 11.5. The van der Waals surface area contributed by atoms with Gasteiger partial charge < -0.3 is 4.90 Å². The highest BCUT2D eigenvalue weighted by Crippen LogP contribution is 2.31. The summed E-state index contributed by atoms with van der Waals surface area (Å²) in [7, 11) is 0. The van der Waals surface area contributed by atoms with Crippen LogP contribution in [0.25, 0.3) is 17.1 Å². The molecule has 0 saturated carbocycles. The predicted octanol–water partition coefficient (Wildman–Crippen LogP) is 5.36. The second-order valence-electron chi connectivity index (χ2n) is 7.34. The lowest BCUT2D eigenvalue weighted by Crippen LogP contribution is -2.37. The van der Waals surface area contributed by atoms with Crippen molar-refractivity contribution < 1.29 is 4.79 Å². The van der Waals surface area contributed by atoms with Crippen LogP contribution in [0, 0.1) is 11.3 Å². The molecule has 0 saturated heterocycles. The maximum absolute atomic E-state index is 13.4. The fraction of sp³-hybridized carbons (Fsp3) is 0.154. The lowest BCUT2D eigenvalue weighted by Gasteiger charge is -2.25. The van der Waals surface area contributed by atoms with E-state index in [-0.39, 0.29) is 12.3 Å². The molecular weight excluding hydrogens is 430 g/mol. The number of aromatic nitrogens is 3. The number of rotatable bonds is 8. The summed E-state index contributed by atoms with van der Waals surface area (Å²) in [6, 6.07) is 31.3. The largest absolute Gasteiger partial charge is 0.310 e. The minimum absolute atomic E-state index is 0.0784. The van der Waals surface area contributed by atoms with Gasteiger partial charge in [0.25, 0.3) is 0 Å². The molecule has 7 heteroatoms. The van der Waals surface area contributed by atoms with E-state index in [0.29, 0.717) is 17.5 Å². The molecule has 0 fully saturated rings. The quantitative estimate of drug-likeness (QED) is 0.336. The van der Waals surface area contributed by atoms with Crippen LogP contribution in [0.4, 0.5) is 5.69 Å². The van der Waals surface area contributed by atoms with E-state index in [2.05, 4.69) is 16.3 Å². The molecular formula is C26H23N5OS. The van der Waals surface area contributed by atoms with E-state index in [1.165, 1.54) is 11.8 Å². The Kier molecular flexibility index (Phi) is 7.18. The van der Waals surface area contributed by atoms with E-state index in [0.717, 1.165) is 16.9 Å². The molecule has 1 aromatic heterocycles. The first kappa shape index (κ1) is 22.3. The van der Waals surface area contributed by atoms with Crippen molar-refractivity contribution in [3.05, 3.63) is 91.0 Å². The van der Waals surface area contributed by atoms with Gasteiger partial charge in [-0.25, -0.2) is 0 Å². The fourth-order valence-corrected chi connectivity index (χ4v) is 4.42. The third-order valence-electron chi connectivity index (χ3n) is 5.09. The van der Waals surface area contributed by atoms with Crippen LogP contribution in [-0.2, 0) is 4.79 Å². The van der Waals surface area contributed by atoms with E-state index in [1.807, 2.05) is 102 Å². The van der Waals surface area contributed by atoms with Crippen LogP contribution in [0.1, 0.15) is 13.3 Å². The van der Waals surface area contributed by atoms with Crippen molar-refractivity contribution in [3.63, 3.8) is 0 Å². The molecule has 0 aliphatic rings. The number of nitriles is 1. The van der Waals surface area contributed by atoms with Crippen LogP contribution in [0.3, 0.4) is 0 Å². The fourth-order valence-electron chi connectivity index (χ4n) is 3.49. The van der Waals surface area contributed by atoms with Crippen LogP contribution in [0.2, 0.25) is 0 Å². The van der Waals surface area contributed by atoms with Gasteiger partial charge in [0, 0.05) is 23.5 Å². The zero-order valence-electron chi connectivity index (χ0n) is 18.2. The average Bonchev–Trinajstić information content (AvgIpc) is 3.29. The number of para-hydroxylation sites is 2. The smallest absolute Gasteiger partial charge is 0.240 e. The Labute approximate surface area is 197 Å². The maximum Gasteiger partial charge on any atom is 0.240 e. The summed E-state index contributed by atoms with van der Waals surface area (Å²) >= 11 is 1.36. The number of thioether (sulfide) groups is 1. The van der Waals surface area contributed by atoms with Crippen molar-refractivity contribution in [1.82, 2.24) is 14.8 Å². The van der Waals surface area contributed by atoms with Crippen molar-refractivity contribution in [1.29, 1.82) is 5.26 Å². The third kappa shape index (κ3) is 5.13. The van der Waals surface area contributed by atoms with Gasteiger partial charge >= 0.3 is 0 Å². The van der Waals surface area contributed by atoms with Crippen molar-refractivity contribution >= 4 is 23.4 Å². The summed E-state index contributed by atoms with van der Waals surface area (Å²) in [5.41, 5.74) is 2.65. The zero-order valence-corrected chi connectivity index (χ0v) is 19.0. The molecule has 1 amide bonds. The summed E-state index contributed by atoms with van der Waals surface area (Å²) in [5.74, 6) is 0.638. The molecule has 0 radical (unpaired) electrons. The molecule has 1 atom stereocenters. The van der Waals surface area contributed by atoms with Crippen molar-refractivity contribution in [2.24, 2.45) is 0 Å². The van der Waals surface area contributed by atoms with Gasteiger partial charge in [0.1, 0.15) is 0 Å². The number of anilines is 1. The second kappa shape index (κ2) is 10.6. The van der Waals surface area contributed by atoms with E-state index >= 15 is 0 Å². The Morgan fingerprint density at radius 3 is 2.21 bits per heavy atom. The highest BCUT2D eigenvalue weighted by molar-refractivity contribution is 8.00. The Balaban J connectivity index is 1.66. The summed E-state index contributed by atoms with van der Waals surface area (Å²) in [5, 5.41) is 18.2. The first-order valence-electron chi connectivity index (χ1n) is 10.7. The van der Waals surface area contributed by atoms with Gasteiger partial charge in [-0.1, -0.05) is 78.5 Å². The first-order chi connectivity index (χ1) is 16.2. The predicted molar refractivity (Wildman–Crippen MR) is 131 cm³/mol. The number of hydrogen-bond acceptors (Lipinski definition) is 5. The number of amides is 1. The molecule has 6 nitrogen and oxygen atoms in total. The van der Waals surface area contributed by atoms with Crippen molar-refractivity contribution in [2.75, 3.05) is 11.4 Å². The molecule has 0 bridgehead atoms. The number of hydrogen-bond donors (Lipinski definition) is 0. The number of nitrogens with zero attached hydrogens (tertiary/aromatic N) is 5. The Hall–Kier alpha value is -3.89. The monoisotopic (exact) mass is 453 g/mol. The molecule has 33 heavy (non-hydrogen) atoms. The molecule has 1 unspecified atom stereocenters. The van der Waals surface area contributed by atoms with Gasteiger partial charge in [-0.05, 0) is 31.2 Å². The van der Waals surface area contributed by atoms with Gasteiger partial charge in [0.05, 0.1) is 17.7 Å². The van der Waals surface area contributed by atoms with E-state index < -0.39 is 5.25 Å².